The molecule has 5 aromatic rings. The molecule has 1 heterocycles. The van der Waals surface area contributed by atoms with Gasteiger partial charge in [0.25, 0.3) is 15.9 Å². The number of amides is 2. The number of thioether (sulfide) groups is 1. The molecule has 2 amide bonds. The van der Waals surface area contributed by atoms with Crippen LogP contribution in [0.1, 0.15) is 15.9 Å². The number of anilines is 1. The van der Waals surface area contributed by atoms with Gasteiger partial charge in [0.2, 0.25) is 5.91 Å². The number of carbonyl (C=O) groups is 2. The maximum absolute atomic E-state index is 12.9. The number of methoxy groups -OCH3 is 2. The van der Waals surface area contributed by atoms with Gasteiger partial charge in [0, 0.05) is 22.5 Å². The normalized spacial score (nSPS) is 11.0. The third-order valence-corrected chi connectivity index (χ3v) is 9.02. The largest absolute Gasteiger partial charge is 0.497 e. The Morgan fingerprint density at radius 3 is 2.00 bits per heavy atom. The van der Waals surface area contributed by atoms with Gasteiger partial charge in [-0.1, -0.05) is 29.5 Å². The minimum absolute atomic E-state index is 0.0725. The van der Waals surface area contributed by atoms with Crippen LogP contribution in [0, 0.1) is 6.92 Å². The van der Waals surface area contributed by atoms with Crippen LogP contribution >= 0.6 is 11.8 Å². The average Bonchev–Trinajstić information content (AvgIpc) is 3.50. The van der Waals surface area contributed by atoms with Gasteiger partial charge in [-0.15, -0.1) is 10.2 Å². The van der Waals surface area contributed by atoms with E-state index < -0.39 is 21.8 Å². The summed E-state index contributed by atoms with van der Waals surface area (Å²) >= 11 is 1.12. The van der Waals surface area contributed by atoms with Crippen molar-refractivity contribution in [3.8, 4) is 28.6 Å². The minimum atomic E-state index is -3.77. The van der Waals surface area contributed by atoms with Crippen LogP contribution in [0.3, 0.4) is 0 Å². The van der Waals surface area contributed by atoms with Crippen LogP contribution < -0.4 is 25.0 Å². The quantitative estimate of drug-likeness (QED) is 0.136. The van der Waals surface area contributed by atoms with Crippen molar-refractivity contribution in [1.29, 1.82) is 0 Å². The van der Waals surface area contributed by atoms with E-state index in [-0.39, 0.29) is 10.6 Å². The molecule has 236 valence electrons. The van der Waals surface area contributed by atoms with Crippen molar-refractivity contribution in [3.05, 3.63) is 108 Å². The number of sulfonamides is 1. The standard InChI is InChI=1S/C32H30N6O6S2/c1-21-4-18-28(19-5-21)46(41,42)37-24-10-6-22(7-11-24)30-34-36-32(38(30)25-12-16-27(44-3)17-13-25)45-20-29(39)33-35-31(40)23-8-14-26(43-2)15-9-23/h4-19,37H,20H2,1-3H3,(H,33,39)(H,35,40). The zero-order valence-corrected chi connectivity index (χ0v) is 26.7. The molecule has 0 saturated carbocycles. The Bertz CT molecular complexity index is 1930. The van der Waals surface area contributed by atoms with Crippen LogP contribution in [0.25, 0.3) is 17.1 Å². The van der Waals surface area contributed by atoms with E-state index in [1.807, 2.05) is 19.1 Å². The molecule has 0 unspecified atom stereocenters. The third-order valence-electron chi connectivity index (χ3n) is 6.69. The van der Waals surface area contributed by atoms with Crippen molar-refractivity contribution < 1.29 is 27.5 Å². The number of ether oxygens (including phenoxy) is 2. The Morgan fingerprint density at radius 1 is 0.783 bits per heavy atom. The van der Waals surface area contributed by atoms with Crippen LogP contribution in [0.15, 0.2) is 107 Å². The maximum atomic E-state index is 12.9. The number of benzene rings is 4. The Hall–Kier alpha value is -5.34. The van der Waals surface area contributed by atoms with E-state index in [2.05, 4.69) is 25.8 Å². The van der Waals surface area contributed by atoms with Crippen LogP contribution in [0.4, 0.5) is 5.69 Å². The Kier molecular flexibility index (Phi) is 9.88. The van der Waals surface area contributed by atoms with E-state index in [9.17, 15) is 18.0 Å². The summed E-state index contributed by atoms with van der Waals surface area (Å²) in [5.74, 6) is 0.725. The molecule has 0 fully saturated rings. The van der Waals surface area contributed by atoms with E-state index in [1.165, 1.54) is 7.11 Å². The monoisotopic (exact) mass is 658 g/mol. The van der Waals surface area contributed by atoms with E-state index in [0.717, 1.165) is 17.3 Å². The summed E-state index contributed by atoms with van der Waals surface area (Å²) in [4.78, 5) is 25.2. The molecule has 0 saturated heterocycles. The van der Waals surface area contributed by atoms with Gasteiger partial charge < -0.3 is 9.47 Å². The molecule has 14 heteroatoms. The summed E-state index contributed by atoms with van der Waals surface area (Å²) < 4.78 is 40.5. The smallest absolute Gasteiger partial charge is 0.269 e. The molecule has 0 spiro atoms. The van der Waals surface area contributed by atoms with E-state index >= 15 is 0 Å². The third kappa shape index (κ3) is 7.65. The zero-order valence-electron chi connectivity index (χ0n) is 25.1. The van der Waals surface area contributed by atoms with Gasteiger partial charge >= 0.3 is 0 Å². The lowest BCUT2D eigenvalue weighted by atomic mass is 10.2. The molecule has 0 aliphatic heterocycles. The maximum Gasteiger partial charge on any atom is 0.269 e. The number of hydrazine groups is 1. The number of aryl methyl sites for hydroxylation is 1. The fourth-order valence-corrected chi connectivity index (χ4v) is 6.05. The summed E-state index contributed by atoms with van der Waals surface area (Å²) in [5.41, 5.74) is 7.86. The number of aromatic nitrogens is 3. The van der Waals surface area contributed by atoms with Gasteiger partial charge in [-0.05, 0) is 91.9 Å². The second kappa shape index (κ2) is 14.2. The van der Waals surface area contributed by atoms with E-state index in [0.29, 0.717) is 45.0 Å². The molecular formula is C32H30N6O6S2. The number of nitrogens with one attached hydrogen (secondary N) is 3. The summed E-state index contributed by atoms with van der Waals surface area (Å²) in [6.07, 6.45) is 0. The van der Waals surface area contributed by atoms with Gasteiger partial charge in [-0.3, -0.25) is 29.7 Å². The van der Waals surface area contributed by atoms with Gasteiger partial charge in [0.05, 0.1) is 24.9 Å². The predicted molar refractivity (Wildman–Crippen MR) is 175 cm³/mol. The number of hydrogen-bond donors (Lipinski definition) is 3. The highest BCUT2D eigenvalue weighted by atomic mass is 32.2. The first-order chi connectivity index (χ1) is 22.2. The first-order valence-corrected chi connectivity index (χ1v) is 16.3. The van der Waals surface area contributed by atoms with E-state index in [4.69, 9.17) is 9.47 Å². The van der Waals surface area contributed by atoms with Crippen molar-refractivity contribution in [2.75, 3.05) is 24.7 Å². The highest BCUT2D eigenvalue weighted by molar-refractivity contribution is 7.99. The number of rotatable bonds is 11. The Morgan fingerprint density at radius 2 is 1.39 bits per heavy atom. The molecular weight excluding hydrogens is 629 g/mol. The van der Waals surface area contributed by atoms with Gasteiger partial charge in [-0.25, -0.2) is 8.42 Å². The molecule has 1 aromatic heterocycles. The topological polar surface area (TPSA) is 154 Å². The van der Waals surface area contributed by atoms with E-state index in [1.54, 1.807) is 96.6 Å². The molecule has 4 aromatic carbocycles. The molecule has 0 atom stereocenters. The Balaban J connectivity index is 1.32. The number of carbonyl (C=O) groups excluding carboxylic acids is 2. The lowest BCUT2D eigenvalue weighted by molar-refractivity contribution is -0.119. The van der Waals surface area contributed by atoms with Gasteiger partial charge in [0.15, 0.2) is 11.0 Å². The highest BCUT2D eigenvalue weighted by Gasteiger charge is 2.19. The summed E-state index contributed by atoms with van der Waals surface area (Å²) in [7, 11) is -0.673. The van der Waals surface area contributed by atoms with Crippen molar-refractivity contribution in [3.63, 3.8) is 0 Å². The van der Waals surface area contributed by atoms with Crippen LogP contribution in [0.5, 0.6) is 11.5 Å². The minimum Gasteiger partial charge on any atom is -0.497 e. The molecule has 5 rings (SSSR count). The van der Waals surface area contributed by atoms with Crippen molar-refractivity contribution in [1.82, 2.24) is 25.6 Å². The lowest BCUT2D eigenvalue weighted by Crippen LogP contribution is -2.42. The van der Waals surface area contributed by atoms with Gasteiger partial charge in [0.1, 0.15) is 11.5 Å². The highest BCUT2D eigenvalue weighted by Crippen LogP contribution is 2.30. The molecule has 0 radical (unpaired) electrons. The van der Waals surface area contributed by atoms with Crippen LogP contribution in [0.2, 0.25) is 0 Å². The number of hydrogen-bond acceptors (Lipinski definition) is 9. The lowest BCUT2D eigenvalue weighted by Gasteiger charge is -2.12. The second-order valence-corrected chi connectivity index (χ2v) is 12.5. The number of nitrogens with zero attached hydrogens (tertiary/aromatic N) is 3. The van der Waals surface area contributed by atoms with Crippen molar-refractivity contribution in [2.45, 2.75) is 17.0 Å². The van der Waals surface area contributed by atoms with Crippen molar-refractivity contribution >= 4 is 39.3 Å². The average molecular weight is 659 g/mol. The SMILES string of the molecule is COc1ccc(C(=O)NNC(=O)CSc2nnc(-c3ccc(NS(=O)(=O)c4ccc(C)cc4)cc3)n2-c2ccc(OC)cc2)cc1. The predicted octanol–water partition coefficient (Wildman–Crippen LogP) is 4.61. The zero-order chi connectivity index (χ0) is 32.7. The van der Waals surface area contributed by atoms with Crippen LogP contribution in [-0.2, 0) is 14.8 Å². The van der Waals surface area contributed by atoms with Crippen molar-refractivity contribution in [2.24, 2.45) is 0 Å². The molecule has 0 aliphatic rings. The molecule has 12 nitrogen and oxygen atoms in total. The molecule has 46 heavy (non-hydrogen) atoms. The second-order valence-electron chi connectivity index (χ2n) is 9.85. The van der Waals surface area contributed by atoms with Gasteiger partial charge in [-0.2, -0.15) is 0 Å². The fourth-order valence-electron chi connectivity index (χ4n) is 4.24. The fraction of sp³-hybridized carbons (Fsp3) is 0.125. The van der Waals surface area contributed by atoms with Crippen LogP contribution in [-0.4, -0.2) is 55.0 Å². The first kappa shape index (κ1) is 32.1. The Labute approximate surface area is 270 Å². The summed E-state index contributed by atoms with van der Waals surface area (Å²) in [6, 6.07) is 27.0. The summed E-state index contributed by atoms with van der Waals surface area (Å²) in [6.45, 7) is 1.89. The molecule has 3 N–H and O–H groups in total. The first-order valence-electron chi connectivity index (χ1n) is 13.8. The molecule has 0 bridgehead atoms. The summed E-state index contributed by atoms with van der Waals surface area (Å²) in [5, 5.41) is 9.12. The molecule has 0 aliphatic carbocycles.